The first-order valence-corrected chi connectivity index (χ1v) is 14.1. The van der Waals surface area contributed by atoms with Crippen LogP contribution in [-0.4, -0.2) is 77.4 Å². The molecule has 0 radical (unpaired) electrons. The Labute approximate surface area is 251 Å². The number of carboxylic acid groups (broad SMARTS) is 1. The van der Waals surface area contributed by atoms with Crippen LogP contribution in [0.15, 0.2) is 77.5 Å². The molecule has 3 N–H and O–H groups in total. The van der Waals surface area contributed by atoms with E-state index < -0.39 is 11.5 Å². The highest BCUT2D eigenvalue weighted by molar-refractivity contribution is 5.94. The van der Waals surface area contributed by atoms with Crippen LogP contribution in [-0.2, 0) is 10.3 Å². The topological polar surface area (TPSA) is 161 Å². The summed E-state index contributed by atoms with van der Waals surface area (Å²) in [5.74, 6) is -0.131. The van der Waals surface area contributed by atoms with E-state index in [2.05, 4.69) is 15.0 Å². The van der Waals surface area contributed by atoms with Crippen LogP contribution >= 0.6 is 0 Å². The summed E-state index contributed by atoms with van der Waals surface area (Å²) in [5, 5.41) is 19.0. The molecule has 1 aliphatic rings. The second-order valence-electron chi connectivity index (χ2n) is 11.0. The van der Waals surface area contributed by atoms with E-state index in [1.165, 1.54) is 4.52 Å². The quantitative estimate of drug-likeness (QED) is 0.294. The monoisotopic (exact) mass is 591 g/mol. The lowest BCUT2D eigenvalue weighted by Crippen LogP contribution is -2.56. The minimum atomic E-state index is -1.26. The van der Waals surface area contributed by atoms with Gasteiger partial charge in [0.05, 0.1) is 23.4 Å². The van der Waals surface area contributed by atoms with E-state index in [-0.39, 0.29) is 17.4 Å². The van der Waals surface area contributed by atoms with Gasteiger partial charge in [-0.2, -0.15) is 14.6 Å². The molecule has 1 atom stereocenters. The number of carboxylic acids is 1. The molecule has 0 saturated carbocycles. The summed E-state index contributed by atoms with van der Waals surface area (Å²) in [6, 6.07) is 18.1. The van der Waals surface area contributed by atoms with Gasteiger partial charge >= 0.3 is 5.97 Å². The van der Waals surface area contributed by atoms with Gasteiger partial charge in [0.1, 0.15) is 0 Å². The van der Waals surface area contributed by atoms with Gasteiger partial charge in [0, 0.05) is 31.9 Å². The summed E-state index contributed by atoms with van der Waals surface area (Å²) in [7, 11) is 0. The molecular formula is C31H29N9O4. The Morgan fingerprint density at radius 2 is 1.70 bits per heavy atom. The Morgan fingerprint density at radius 3 is 2.36 bits per heavy atom. The molecule has 0 aliphatic carbocycles. The predicted molar refractivity (Wildman–Crippen MR) is 162 cm³/mol. The van der Waals surface area contributed by atoms with Crippen LogP contribution < -0.4 is 10.6 Å². The standard InChI is InChI=1S/C31H29N9O4/c1-19-16-24(44-18-19)25-34-26-23-17-33-40(27(23)35-30(32)39(26)36-25)31(2,21-6-4-3-5-7-21)29(43)38-14-12-37(13-15-38)22-10-8-20(9-11-22)28(41)42/h3-11,16-18H,12-15H2,1-2H3,(H2,32,35)(H,41,42). The number of hydrogen-bond acceptors (Lipinski definition) is 9. The highest BCUT2D eigenvalue weighted by Gasteiger charge is 2.43. The first-order chi connectivity index (χ1) is 21.2. The van der Waals surface area contributed by atoms with Gasteiger partial charge in [-0.05, 0) is 55.3 Å². The third kappa shape index (κ3) is 4.32. The van der Waals surface area contributed by atoms with E-state index in [1.54, 1.807) is 41.4 Å². The lowest BCUT2D eigenvalue weighted by Gasteiger charge is -2.40. The smallest absolute Gasteiger partial charge is 0.335 e. The van der Waals surface area contributed by atoms with Gasteiger partial charge in [-0.15, -0.1) is 5.10 Å². The van der Waals surface area contributed by atoms with Crippen molar-refractivity contribution in [3.05, 3.63) is 89.8 Å². The van der Waals surface area contributed by atoms with Crippen molar-refractivity contribution in [2.24, 2.45) is 0 Å². The predicted octanol–water partition coefficient (Wildman–Crippen LogP) is 3.44. The second kappa shape index (κ2) is 10.2. The van der Waals surface area contributed by atoms with E-state index in [0.29, 0.717) is 54.4 Å². The average Bonchev–Trinajstić information content (AvgIpc) is 3.79. The highest BCUT2D eigenvalue weighted by Crippen LogP contribution is 2.33. The number of aromatic carboxylic acids is 1. The fourth-order valence-electron chi connectivity index (χ4n) is 5.78. The number of piperazine rings is 1. The highest BCUT2D eigenvalue weighted by atomic mass is 16.4. The first kappa shape index (κ1) is 27.1. The number of nitrogen functional groups attached to an aromatic ring is 1. The van der Waals surface area contributed by atoms with E-state index in [4.69, 9.17) is 20.2 Å². The van der Waals surface area contributed by atoms with Crippen LogP contribution in [0, 0.1) is 6.92 Å². The van der Waals surface area contributed by atoms with Crippen LogP contribution in [0.3, 0.4) is 0 Å². The number of hydrogen-bond donors (Lipinski definition) is 2. The number of aryl methyl sites for hydroxylation is 1. The Kier molecular flexibility index (Phi) is 6.30. The van der Waals surface area contributed by atoms with Crippen molar-refractivity contribution in [3.8, 4) is 11.6 Å². The third-order valence-corrected chi connectivity index (χ3v) is 8.20. The molecule has 1 aliphatic heterocycles. The number of aromatic nitrogens is 6. The van der Waals surface area contributed by atoms with Gasteiger partial charge in [0.2, 0.25) is 11.8 Å². The van der Waals surface area contributed by atoms with Crippen LogP contribution in [0.2, 0.25) is 0 Å². The van der Waals surface area contributed by atoms with Crippen molar-refractivity contribution >= 4 is 40.2 Å². The first-order valence-electron chi connectivity index (χ1n) is 14.1. The van der Waals surface area contributed by atoms with Crippen molar-refractivity contribution in [2.45, 2.75) is 19.4 Å². The maximum atomic E-state index is 14.5. The van der Waals surface area contributed by atoms with Gasteiger partial charge in [-0.25, -0.2) is 14.5 Å². The minimum absolute atomic E-state index is 0.0988. The molecule has 13 nitrogen and oxygen atoms in total. The number of carbonyl (C=O) groups is 2. The lowest BCUT2D eigenvalue weighted by molar-refractivity contribution is -0.138. The van der Waals surface area contributed by atoms with Gasteiger partial charge in [0.25, 0.3) is 5.91 Å². The van der Waals surface area contributed by atoms with E-state index >= 15 is 0 Å². The van der Waals surface area contributed by atoms with Crippen molar-refractivity contribution < 1.29 is 19.1 Å². The summed E-state index contributed by atoms with van der Waals surface area (Å²) >= 11 is 0. The summed E-state index contributed by atoms with van der Waals surface area (Å²) in [5.41, 5.74) is 8.82. The van der Waals surface area contributed by atoms with Crippen LogP contribution in [0.5, 0.6) is 0 Å². The maximum Gasteiger partial charge on any atom is 0.335 e. The van der Waals surface area contributed by atoms with Crippen molar-refractivity contribution in [1.82, 2.24) is 34.3 Å². The van der Waals surface area contributed by atoms with Crippen LogP contribution in [0.4, 0.5) is 11.6 Å². The third-order valence-electron chi connectivity index (χ3n) is 8.20. The number of anilines is 2. The maximum absolute atomic E-state index is 14.5. The van der Waals surface area contributed by atoms with Gasteiger partial charge in [-0.1, -0.05) is 30.3 Å². The zero-order valence-electron chi connectivity index (χ0n) is 24.1. The van der Waals surface area contributed by atoms with E-state index in [0.717, 1.165) is 16.8 Å². The molecule has 5 heterocycles. The number of carbonyl (C=O) groups excluding carboxylic acids is 1. The lowest BCUT2D eigenvalue weighted by atomic mass is 9.90. The SMILES string of the molecule is Cc1coc(-c2nc3c4cnn(C(C)(C(=O)N5CCN(c6ccc(C(=O)O)cc6)CC5)c5ccccc5)c4nc(N)n3n2)c1. The van der Waals surface area contributed by atoms with Gasteiger partial charge in [-0.3, -0.25) is 4.79 Å². The number of nitrogens with zero attached hydrogens (tertiary/aromatic N) is 8. The molecule has 0 spiro atoms. The zero-order valence-corrected chi connectivity index (χ0v) is 24.1. The molecule has 222 valence electrons. The van der Waals surface area contributed by atoms with Crippen LogP contribution in [0.25, 0.3) is 28.3 Å². The molecule has 2 aromatic carbocycles. The molecule has 1 amide bonds. The van der Waals surface area contributed by atoms with Gasteiger partial charge < -0.3 is 25.1 Å². The number of nitrogens with two attached hydrogens (primary N) is 1. The number of benzene rings is 2. The summed E-state index contributed by atoms with van der Waals surface area (Å²) < 4.78 is 8.67. The molecule has 6 aromatic rings. The Bertz CT molecular complexity index is 2020. The molecular weight excluding hydrogens is 562 g/mol. The molecule has 13 heteroatoms. The Balaban J connectivity index is 1.25. The summed E-state index contributed by atoms with van der Waals surface area (Å²) in [4.78, 5) is 39.1. The minimum Gasteiger partial charge on any atom is -0.478 e. The number of rotatable bonds is 6. The normalized spacial score (nSPS) is 15.1. The largest absolute Gasteiger partial charge is 0.478 e. The molecule has 1 unspecified atom stereocenters. The Morgan fingerprint density at radius 1 is 0.977 bits per heavy atom. The molecule has 1 saturated heterocycles. The van der Waals surface area contributed by atoms with E-state index in [1.807, 2.05) is 55.1 Å². The zero-order chi connectivity index (χ0) is 30.6. The van der Waals surface area contributed by atoms with E-state index in [9.17, 15) is 14.7 Å². The number of furan rings is 1. The van der Waals surface area contributed by atoms with Crippen LogP contribution in [0.1, 0.15) is 28.4 Å². The molecule has 0 bridgehead atoms. The fraction of sp³-hybridized carbons (Fsp3) is 0.226. The van der Waals surface area contributed by atoms with Crippen molar-refractivity contribution in [2.75, 3.05) is 36.8 Å². The number of amides is 1. The van der Waals surface area contributed by atoms with Crippen molar-refractivity contribution in [1.29, 1.82) is 0 Å². The molecule has 44 heavy (non-hydrogen) atoms. The summed E-state index contributed by atoms with van der Waals surface area (Å²) in [6.45, 7) is 5.87. The number of fused-ring (bicyclic) bond motifs is 3. The van der Waals surface area contributed by atoms with Gasteiger partial charge in [0.15, 0.2) is 22.6 Å². The van der Waals surface area contributed by atoms with Crippen molar-refractivity contribution in [3.63, 3.8) is 0 Å². The molecule has 1 fully saturated rings. The summed E-state index contributed by atoms with van der Waals surface area (Å²) in [6.07, 6.45) is 3.26. The Hall–Kier alpha value is -5.72. The molecule has 7 rings (SSSR count). The second-order valence-corrected chi connectivity index (χ2v) is 11.0. The molecule has 4 aromatic heterocycles. The fourth-order valence-corrected chi connectivity index (χ4v) is 5.78. The average molecular weight is 592 g/mol.